The fourth-order valence-electron chi connectivity index (χ4n) is 2.18. The van der Waals surface area contributed by atoms with Crippen LogP contribution in [0, 0.1) is 22.0 Å². The lowest BCUT2D eigenvalue weighted by atomic mass is 9.86. The summed E-state index contributed by atoms with van der Waals surface area (Å²) in [5.41, 5.74) is -0.113. The molecule has 1 fully saturated rings. The number of nitro benzene ring substituents is 1. The van der Waals surface area contributed by atoms with Crippen molar-refractivity contribution in [2.24, 2.45) is 11.8 Å². The molecule has 2 rings (SSSR count). The number of nitro groups is 1. The second-order valence-corrected chi connectivity index (χ2v) is 5.49. The molecule has 0 saturated carbocycles. The number of carbonyl (C=O) groups is 2. The van der Waals surface area contributed by atoms with Crippen LogP contribution in [-0.2, 0) is 4.79 Å². The zero-order valence-electron chi connectivity index (χ0n) is 11.2. The van der Waals surface area contributed by atoms with Crippen LogP contribution in [0.1, 0.15) is 17.3 Å². The number of carboxylic acids is 1. The van der Waals surface area contributed by atoms with Crippen molar-refractivity contribution in [1.82, 2.24) is 4.90 Å². The van der Waals surface area contributed by atoms with Crippen molar-refractivity contribution >= 4 is 29.2 Å². The minimum Gasteiger partial charge on any atom is -0.481 e. The molecule has 0 radical (unpaired) electrons. The monoisotopic (exact) mass is 312 g/mol. The molecule has 1 saturated heterocycles. The number of likely N-dealkylation sites (tertiary alicyclic amines) is 1. The molecule has 0 aliphatic carbocycles. The molecule has 112 valence electrons. The van der Waals surface area contributed by atoms with Gasteiger partial charge < -0.3 is 10.0 Å². The van der Waals surface area contributed by atoms with E-state index in [9.17, 15) is 19.7 Å². The Labute approximate surface area is 125 Å². The van der Waals surface area contributed by atoms with E-state index in [2.05, 4.69) is 0 Å². The van der Waals surface area contributed by atoms with Crippen LogP contribution in [0.25, 0.3) is 0 Å². The molecule has 0 bridgehead atoms. The molecule has 7 nitrogen and oxygen atoms in total. The van der Waals surface area contributed by atoms with E-state index in [1.807, 2.05) is 0 Å². The fraction of sp³-hybridized carbons (Fsp3) is 0.385. The first-order valence-electron chi connectivity index (χ1n) is 6.26. The average molecular weight is 313 g/mol. The number of carbonyl (C=O) groups excluding carboxylic acids is 1. The van der Waals surface area contributed by atoms with E-state index in [0.717, 1.165) is 0 Å². The lowest BCUT2D eigenvalue weighted by Gasteiger charge is -2.41. The Morgan fingerprint density at radius 3 is 2.57 bits per heavy atom. The average Bonchev–Trinajstić information content (AvgIpc) is 2.35. The van der Waals surface area contributed by atoms with Crippen LogP contribution in [0.4, 0.5) is 5.69 Å². The van der Waals surface area contributed by atoms with Crippen molar-refractivity contribution in [3.8, 4) is 0 Å². The van der Waals surface area contributed by atoms with Gasteiger partial charge in [0.2, 0.25) is 0 Å². The highest BCUT2D eigenvalue weighted by molar-refractivity contribution is 6.31. The molecule has 1 atom stereocenters. The van der Waals surface area contributed by atoms with Crippen molar-refractivity contribution < 1.29 is 19.6 Å². The Bertz CT molecular complexity index is 613. The van der Waals surface area contributed by atoms with Gasteiger partial charge in [-0.1, -0.05) is 18.5 Å². The van der Waals surface area contributed by atoms with Gasteiger partial charge in [0, 0.05) is 41.7 Å². The minimum absolute atomic E-state index is 0.0966. The quantitative estimate of drug-likeness (QED) is 0.677. The smallest absolute Gasteiger partial charge is 0.306 e. The summed E-state index contributed by atoms with van der Waals surface area (Å²) < 4.78 is 0. The molecule has 1 unspecified atom stereocenters. The van der Waals surface area contributed by atoms with Gasteiger partial charge in [0.1, 0.15) is 0 Å². The summed E-state index contributed by atoms with van der Waals surface area (Å²) >= 11 is 5.77. The van der Waals surface area contributed by atoms with Gasteiger partial charge in [0.25, 0.3) is 11.6 Å². The zero-order valence-corrected chi connectivity index (χ0v) is 11.9. The number of nitrogens with zero attached hydrogens (tertiary/aromatic N) is 2. The van der Waals surface area contributed by atoms with E-state index in [4.69, 9.17) is 16.7 Å². The van der Waals surface area contributed by atoms with Crippen molar-refractivity contribution in [3.63, 3.8) is 0 Å². The molecule has 0 spiro atoms. The molecule has 1 aliphatic heterocycles. The summed E-state index contributed by atoms with van der Waals surface area (Å²) in [6.45, 7) is 2.25. The van der Waals surface area contributed by atoms with Gasteiger partial charge in [0.05, 0.1) is 10.8 Å². The predicted molar refractivity (Wildman–Crippen MR) is 74.3 cm³/mol. The highest BCUT2D eigenvalue weighted by atomic mass is 35.5. The number of amides is 1. The van der Waals surface area contributed by atoms with E-state index in [1.165, 1.54) is 23.1 Å². The van der Waals surface area contributed by atoms with Gasteiger partial charge in [-0.25, -0.2) is 0 Å². The van der Waals surface area contributed by atoms with E-state index >= 15 is 0 Å². The van der Waals surface area contributed by atoms with Gasteiger partial charge in [0.15, 0.2) is 0 Å². The standard InChI is InChI=1S/C13H13ClN2O5/c1-7(13(18)19)9-5-15(6-9)12(17)8-2-10(14)4-11(3-8)16(20)21/h2-4,7,9H,5-6H2,1H3,(H,18,19). The van der Waals surface area contributed by atoms with Crippen LogP contribution in [0.15, 0.2) is 18.2 Å². The zero-order chi connectivity index (χ0) is 15.7. The van der Waals surface area contributed by atoms with E-state index < -0.39 is 16.8 Å². The lowest BCUT2D eigenvalue weighted by Crippen LogP contribution is -2.53. The van der Waals surface area contributed by atoms with Crippen molar-refractivity contribution in [2.45, 2.75) is 6.92 Å². The Balaban J connectivity index is 2.09. The second kappa shape index (κ2) is 5.69. The molecular weight excluding hydrogens is 300 g/mol. The molecule has 1 N–H and O–H groups in total. The fourth-order valence-corrected chi connectivity index (χ4v) is 2.41. The van der Waals surface area contributed by atoms with Crippen LogP contribution in [0.3, 0.4) is 0 Å². The van der Waals surface area contributed by atoms with Gasteiger partial charge in [-0.05, 0) is 6.07 Å². The van der Waals surface area contributed by atoms with E-state index in [-0.39, 0.29) is 28.1 Å². The highest BCUT2D eigenvalue weighted by Gasteiger charge is 2.37. The van der Waals surface area contributed by atoms with Crippen LogP contribution in [0.5, 0.6) is 0 Å². The number of hydrogen-bond donors (Lipinski definition) is 1. The maximum absolute atomic E-state index is 12.2. The Hall–Kier alpha value is -2.15. The number of rotatable bonds is 4. The number of benzene rings is 1. The SMILES string of the molecule is CC(C(=O)O)C1CN(C(=O)c2cc(Cl)cc([N+](=O)[O-])c2)C1. The van der Waals surface area contributed by atoms with Crippen molar-refractivity contribution in [1.29, 1.82) is 0 Å². The van der Waals surface area contributed by atoms with Gasteiger partial charge in [-0.2, -0.15) is 0 Å². The molecule has 1 aromatic carbocycles. The third-order valence-electron chi connectivity index (χ3n) is 3.63. The summed E-state index contributed by atoms with van der Waals surface area (Å²) in [6, 6.07) is 3.71. The van der Waals surface area contributed by atoms with E-state index in [0.29, 0.717) is 13.1 Å². The van der Waals surface area contributed by atoms with E-state index in [1.54, 1.807) is 6.92 Å². The Morgan fingerprint density at radius 1 is 1.43 bits per heavy atom. The topological polar surface area (TPSA) is 101 Å². The normalized spacial score (nSPS) is 16.2. The Morgan fingerprint density at radius 2 is 2.05 bits per heavy atom. The summed E-state index contributed by atoms with van der Waals surface area (Å²) in [5.74, 6) is -1.90. The number of carboxylic acid groups (broad SMARTS) is 1. The van der Waals surface area contributed by atoms with Gasteiger partial charge in [-0.3, -0.25) is 19.7 Å². The van der Waals surface area contributed by atoms with Gasteiger partial charge in [-0.15, -0.1) is 0 Å². The maximum atomic E-state index is 12.2. The second-order valence-electron chi connectivity index (χ2n) is 5.05. The summed E-state index contributed by atoms with van der Waals surface area (Å²) in [7, 11) is 0. The largest absolute Gasteiger partial charge is 0.481 e. The first-order chi connectivity index (χ1) is 9.79. The third kappa shape index (κ3) is 3.13. The molecule has 8 heteroatoms. The van der Waals surface area contributed by atoms with Crippen LogP contribution < -0.4 is 0 Å². The number of non-ortho nitro benzene ring substituents is 1. The molecule has 1 aromatic rings. The van der Waals surface area contributed by atoms with Crippen LogP contribution in [-0.4, -0.2) is 39.9 Å². The van der Waals surface area contributed by atoms with Crippen molar-refractivity contribution in [2.75, 3.05) is 13.1 Å². The summed E-state index contributed by atoms with van der Waals surface area (Å²) in [5, 5.41) is 19.8. The highest BCUT2D eigenvalue weighted by Crippen LogP contribution is 2.28. The molecular formula is C13H13ClN2O5. The number of hydrogen-bond acceptors (Lipinski definition) is 4. The first kappa shape index (κ1) is 15.2. The first-order valence-corrected chi connectivity index (χ1v) is 6.64. The Kier molecular flexibility index (Phi) is 4.13. The predicted octanol–water partition coefficient (Wildman–Crippen LogP) is 2.04. The number of aliphatic carboxylic acids is 1. The third-order valence-corrected chi connectivity index (χ3v) is 3.85. The maximum Gasteiger partial charge on any atom is 0.306 e. The molecule has 1 aliphatic rings. The van der Waals surface area contributed by atoms with Crippen molar-refractivity contribution in [3.05, 3.63) is 38.9 Å². The van der Waals surface area contributed by atoms with Crippen LogP contribution in [0.2, 0.25) is 5.02 Å². The molecule has 1 heterocycles. The molecule has 21 heavy (non-hydrogen) atoms. The van der Waals surface area contributed by atoms with Crippen LogP contribution >= 0.6 is 11.6 Å². The molecule has 1 amide bonds. The lowest BCUT2D eigenvalue weighted by molar-refractivity contribution is -0.384. The summed E-state index contributed by atoms with van der Waals surface area (Å²) in [6.07, 6.45) is 0. The summed E-state index contributed by atoms with van der Waals surface area (Å²) in [4.78, 5) is 34.6. The number of halogens is 1. The van der Waals surface area contributed by atoms with Gasteiger partial charge >= 0.3 is 5.97 Å². The molecule has 0 aromatic heterocycles. The minimum atomic E-state index is -0.898.